The molecule has 0 heterocycles. The Hall–Kier alpha value is -5.66. The van der Waals surface area contributed by atoms with E-state index in [-0.39, 0.29) is 49.7 Å². The lowest BCUT2D eigenvalue weighted by Gasteiger charge is -2.11. The lowest BCUT2D eigenvalue weighted by molar-refractivity contribution is 0.472. The molecule has 0 aliphatic rings. The van der Waals surface area contributed by atoms with E-state index in [4.69, 9.17) is 11.5 Å². The molecule has 0 aromatic heterocycles. The first-order valence-electron chi connectivity index (χ1n) is 14.3. The summed E-state index contributed by atoms with van der Waals surface area (Å²) < 4.78 is 135. The van der Waals surface area contributed by atoms with Crippen molar-refractivity contribution in [1.29, 1.82) is 0 Å². The van der Waals surface area contributed by atoms with Crippen LogP contribution in [0.5, 0.6) is 5.75 Å². The van der Waals surface area contributed by atoms with Crippen molar-refractivity contribution in [3.63, 3.8) is 0 Å². The monoisotopic (exact) mass is 802 g/mol. The van der Waals surface area contributed by atoms with Crippen LogP contribution in [0.15, 0.2) is 119 Å². The molecule has 0 amide bonds. The highest BCUT2D eigenvalue weighted by Crippen LogP contribution is 2.44. The Labute approximate surface area is 298 Å². The maximum Gasteiger partial charge on any atom is 0.296 e. The van der Waals surface area contributed by atoms with Crippen LogP contribution in [0.2, 0.25) is 0 Å². The van der Waals surface area contributed by atoms with E-state index < -0.39 is 77.2 Å². The summed E-state index contributed by atoms with van der Waals surface area (Å²) in [6, 6.07) is 14.8. The molecule has 0 unspecified atom stereocenters. The predicted octanol–water partition coefficient (Wildman–Crippen LogP) is 5.83. The molecule has 6 rings (SSSR count). The summed E-state index contributed by atoms with van der Waals surface area (Å²) in [4.78, 5) is -2.90. The van der Waals surface area contributed by atoms with E-state index in [2.05, 4.69) is 20.5 Å². The lowest BCUT2D eigenvalue weighted by atomic mass is 10.1. The van der Waals surface area contributed by atoms with E-state index in [0.717, 1.165) is 42.5 Å². The number of aromatic hydroxyl groups is 1. The Morgan fingerprint density at radius 2 is 0.887 bits per heavy atom. The van der Waals surface area contributed by atoms with Crippen LogP contribution >= 0.6 is 0 Å². The molecule has 6 aromatic rings. The Bertz CT molecular complexity index is 3100. The molecule has 19 nitrogen and oxygen atoms in total. The summed E-state index contributed by atoms with van der Waals surface area (Å²) in [5, 5.41) is 27.3. The van der Waals surface area contributed by atoms with E-state index in [9.17, 15) is 57.0 Å². The number of azo groups is 2. The minimum Gasteiger partial charge on any atom is -0.505 e. The number of phenols is 1. The van der Waals surface area contributed by atoms with E-state index >= 15 is 0 Å². The van der Waals surface area contributed by atoms with Crippen LogP contribution < -0.4 is 11.5 Å². The number of rotatable bonds is 8. The molecule has 0 aliphatic carbocycles. The van der Waals surface area contributed by atoms with Crippen LogP contribution in [-0.4, -0.2) is 57.0 Å². The Kier molecular flexibility index (Phi) is 8.95. The molecule has 6 aromatic carbocycles. The van der Waals surface area contributed by atoms with Gasteiger partial charge in [0.2, 0.25) is 0 Å². The van der Waals surface area contributed by atoms with Gasteiger partial charge in [0.05, 0.1) is 32.5 Å². The summed E-state index contributed by atoms with van der Waals surface area (Å²) >= 11 is 0. The van der Waals surface area contributed by atoms with Gasteiger partial charge in [0.15, 0.2) is 5.75 Å². The summed E-state index contributed by atoms with van der Waals surface area (Å²) in [6.07, 6.45) is 0. The number of nitrogens with zero attached hydrogens (tertiary/aromatic N) is 4. The molecular formula is C30H22N6O13S4. The number of nitrogen functional groups attached to an aromatic ring is 2. The zero-order valence-corrected chi connectivity index (χ0v) is 29.4. The zero-order chi connectivity index (χ0) is 38.8. The van der Waals surface area contributed by atoms with Gasteiger partial charge in [-0.15, -0.1) is 20.5 Å². The Morgan fingerprint density at radius 3 is 1.42 bits per heavy atom. The second-order valence-corrected chi connectivity index (χ2v) is 16.8. The second kappa shape index (κ2) is 12.8. The number of anilines is 2. The van der Waals surface area contributed by atoms with Crippen molar-refractivity contribution < 1.29 is 57.0 Å². The first-order chi connectivity index (χ1) is 24.5. The molecule has 9 N–H and O–H groups in total. The predicted molar refractivity (Wildman–Crippen MR) is 190 cm³/mol. The molecule has 0 atom stereocenters. The molecule has 0 spiro atoms. The van der Waals surface area contributed by atoms with Crippen molar-refractivity contribution in [2.75, 3.05) is 11.5 Å². The summed E-state index contributed by atoms with van der Waals surface area (Å²) in [5.74, 6) is -0.936. The van der Waals surface area contributed by atoms with Crippen molar-refractivity contribution in [3.8, 4) is 5.75 Å². The van der Waals surface area contributed by atoms with Crippen LogP contribution in [0.25, 0.3) is 32.3 Å². The number of hydrogen-bond donors (Lipinski definition) is 7. The molecule has 0 bridgehead atoms. The van der Waals surface area contributed by atoms with E-state index in [1.807, 2.05) is 0 Å². The SMILES string of the molecule is Nc1cc2c(O)c(N=Nc3ccc(N=Nc4ccc(N)c5ccc(S(=O)(=O)O)cc45)c4ccc(S(=O)(=O)O)cc34)c(S(=O)(=O)O)cc2cc1S(=O)(=O)O. The molecule has 53 heavy (non-hydrogen) atoms. The number of nitrogens with two attached hydrogens (primary N) is 2. The van der Waals surface area contributed by atoms with E-state index in [1.54, 1.807) is 0 Å². The van der Waals surface area contributed by atoms with Crippen LogP contribution in [0.3, 0.4) is 0 Å². The highest BCUT2D eigenvalue weighted by atomic mass is 32.2. The van der Waals surface area contributed by atoms with Crippen molar-refractivity contribution in [3.05, 3.63) is 78.9 Å². The van der Waals surface area contributed by atoms with Crippen LogP contribution in [0.1, 0.15) is 0 Å². The summed E-state index contributed by atoms with van der Waals surface area (Å²) in [7, 11) is -19.5. The first-order valence-corrected chi connectivity index (χ1v) is 20.0. The lowest BCUT2D eigenvalue weighted by Crippen LogP contribution is -2.04. The van der Waals surface area contributed by atoms with Gasteiger partial charge in [-0.1, -0.05) is 12.1 Å². The molecule has 0 saturated carbocycles. The van der Waals surface area contributed by atoms with Gasteiger partial charge in [0.25, 0.3) is 40.5 Å². The third-order valence-corrected chi connectivity index (χ3v) is 11.3. The molecule has 0 radical (unpaired) electrons. The topological polar surface area (TPSA) is 339 Å². The normalized spacial score (nSPS) is 13.2. The molecule has 0 saturated heterocycles. The van der Waals surface area contributed by atoms with Gasteiger partial charge in [-0.2, -0.15) is 33.7 Å². The zero-order valence-electron chi connectivity index (χ0n) is 26.1. The largest absolute Gasteiger partial charge is 0.505 e. The average Bonchev–Trinajstić information content (AvgIpc) is 3.05. The third kappa shape index (κ3) is 7.22. The van der Waals surface area contributed by atoms with Gasteiger partial charge in [-0.05, 0) is 72.1 Å². The summed E-state index contributed by atoms with van der Waals surface area (Å²) in [5.41, 5.74) is 10.6. The maximum absolute atomic E-state index is 12.4. The molecule has 23 heteroatoms. The number of benzene rings is 6. The van der Waals surface area contributed by atoms with Crippen LogP contribution in [0, 0.1) is 0 Å². The van der Waals surface area contributed by atoms with Gasteiger partial charge in [0, 0.05) is 32.6 Å². The van der Waals surface area contributed by atoms with Gasteiger partial charge < -0.3 is 16.6 Å². The van der Waals surface area contributed by atoms with Crippen molar-refractivity contribution in [2.24, 2.45) is 20.5 Å². The minimum absolute atomic E-state index is 0.0631. The van der Waals surface area contributed by atoms with E-state index in [1.165, 1.54) is 36.4 Å². The second-order valence-electron chi connectivity index (χ2n) is 11.2. The van der Waals surface area contributed by atoms with Gasteiger partial charge in [0.1, 0.15) is 15.5 Å². The first kappa shape index (κ1) is 37.1. The molecule has 0 aliphatic heterocycles. The Balaban J connectivity index is 1.53. The number of fused-ring (bicyclic) bond motifs is 3. The smallest absolute Gasteiger partial charge is 0.296 e. The fourth-order valence-electron chi connectivity index (χ4n) is 5.33. The third-order valence-electron chi connectivity index (χ3n) is 7.80. The standard InChI is InChI=1S/C30H22N6O13S4/c31-22-5-6-25(20-11-15(50(38,39)40)1-3-17(20)22)34-33-24-7-8-26(21-12-16(51(41,42)43)2-4-18(21)24)35-36-29-28(53(47,48)49)10-14-9-27(52(44,45)46)23(32)13-19(14)30(29)37/h1-13,37H,31-32H2,(H,38,39,40)(H,41,42,43)(H,44,45,46)(H,47,48,49). The quantitative estimate of drug-likeness (QED) is 0.0540. The highest BCUT2D eigenvalue weighted by molar-refractivity contribution is 7.86. The van der Waals surface area contributed by atoms with Gasteiger partial charge in [-0.25, -0.2) is 0 Å². The van der Waals surface area contributed by atoms with Gasteiger partial charge in [-0.3, -0.25) is 18.2 Å². The average molecular weight is 803 g/mol. The molecule has 0 fully saturated rings. The molecular weight excluding hydrogens is 781 g/mol. The fourth-order valence-corrected chi connectivity index (χ4v) is 7.64. The molecule has 274 valence electrons. The van der Waals surface area contributed by atoms with Crippen molar-refractivity contribution >= 4 is 107 Å². The Morgan fingerprint density at radius 1 is 0.434 bits per heavy atom. The number of hydrogen-bond acceptors (Lipinski definition) is 15. The number of phenolic OH excluding ortho intramolecular Hbond substituents is 1. The van der Waals surface area contributed by atoms with Crippen molar-refractivity contribution in [1.82, 2.24) is 0 Å². The van der Waals surface area contributed by atoms with Crippen LogP contribution in [0.4, 0.5) is 34.1 Å². The maximum atomic E-state index is 12.4. The minimum atomic E-state index is -5.20. The summed E-state index contributed by atoms with van der Waals surface area (Å²) in [6.45, 7) is 0. The van der Waals surface area contributed by atoms with Gasteiger partial charge >= 0.3 is 0 Å². The fraction of sp³-hybridized carbons (Fsp3) is 0. The van der Waals surface area contributed by atoms with E-state index in [0.29, 0.717) is 5.39 Å². The highest BCUT2D eigenvalue weighted by Gasteiger charge is 2.25. The van der Waals surface area contributed by atoms with Crippen molar-refractivity contribution in [2.45, 2.75) is 19.6 Å². The van der Waals surface area contributed by atoms with Crippen LogP contribution in [-0.2, 0) is 40.5 Å².